The van der Waals surface area contributed by atoms with Crippen LogP contribution in [0.15, 0.2) is 12.1 Å². The molecule has 16 heavy (non-hydrogen) atoms. The number of nitrogens with two attached hydrogens (primary N) is 1. The van der Waals surface area contributed by atoms with Gasteiger partial charge in [0.1, 0.15) is 5.82 Å². The number of nitrogens with zero attached hydrogens (tertiary/aromatic N) is 1. The fourth-order valence-electron chi connectivity index (χ4n) is 1.61. The monoisotopic (exact) mass is 223 g/mol. The fraction of sp³-hybridized carbons (Fsp3) is 0.200. The van der Waals surface area contributed by atoms with E-state index in [1.165, 1.54) is 6.07 Å². The van der Waals surface area contributed by atoms with Crippen LogP contribution in [0.1, 0.15) is 5.56 Å². The lowest BCUT2D eigenvalue weighted by molar-refractivity contribution is -0.115. The summed E-state index contributed by atoms with van der Waals surface area (Å²) >= 11 is 0. The van der Waals surface area contributed by atoms with Crippen LogP contribution in [-0.4, -0.2) is 18.5 Å². The topological polar surface area (TPSA) is 75.4 Å². The maximum atomic E-state index is 13.6. The third-order valence-corrected chi connectivity index (χ3v) is 2.49. The van der Waals surface area contributed by atoms with E-state index in [1.807, 2.05) is 0 Å². The van der Waals surface area contributed by atoms with E-state index in [0.717, 1.165) is 11.0 Å². The molecule has 0 aromatic heterocycles. The Morgan fingerprint density at radius 1 is 1.44 bits per heavy atom. The third kappa shape index (κ3) is 1.39. The Hall–Kier alpha value is -2.11. The maximum absolute atomic E-state index is 13.6. The average molecular weight is 223 g/mol. The standard InChI is InChI=1S/C10H10FN3O2/c1-5-7(12)3-2-6(11)9(5)14-8(15)4-13-10(14)16/h2-3H,4,12H2,1H3,(H,13,16). The van der Waals surface area contributed by atoms with E-state index in [4.69, 9.17) is 5.73 Å². The van der Waals surface area contributed by atoms with Crippen LogP contribution in [0.5, 0.6) is 0 Å². The number of anilines is 2. The number of imide groups is 1. The smallest absolute Gasteiger partial charge is 0.329 e. The summed E-state index contributed by atoms with van der Waals surface area (Å²) in [5.74, 6) is -1.13. The molecule has 0 radical (unpaired) electrons. The average Bonchev–Trinajstić information content (AvgIpc) is 2.56. The van der Waals surface area contributed by atoms with Crippen molar-refractivity contribution >= 4 is 23.3 Å². The first-order chi connectivity index (χ1) is 7.52. The molecular weight excluding hydrogens is 213 g/mol. The molecule has 1 fully saturated rings. The highest BCUT2D eigenvalue weighted by Gasteiger charge is 2.33. The number of carbonyl (C=O) groups is 2. The van der Waals surface area contributed by atoms with Gasteiger partial charge in [0.05, 0.1) is 12.2 Å². The van der Waals surface area contributed by atoms with E-state index in [0.29, 0.717) is 11.3 Å². The van der Waals surface area contributed by atoms with Gasteiger partial charge in [-0.2, -0.15) is 0 Å². The van der Waals surface area contributed by atoms with E-state index >= 15 is 0 Å². The fourth-order valence-corrected chi connectivity index (χ4v) is 1.61. The number of carbonyl (C=O) groups excluding carboxylic acids is 2. The molecule has 0 atom stereocenters. The van der Waals surface area contributed by atoms with Crippen LogP contribution in [0, 0.1) is 12.7 Å². The first-order valence-corrected chi connectivity index (χ1v) is 4.67. The summed E-state index contributed by atoms with van der Waals surface area (Å²) in [6.45, 7) is 1.44. The van der Waals surface area contributed by atoms with Gasteiger partial charge < -0.3 is 11.1 Å². The lowest BCUT2D eigenvalue weighted by Crippen LogP contribution is -2.32. The van der Waals surface area contributed by atoms with Crippen molar-refractivity contribution in [3.8, 4) is 0 Å². The Morgan fingerprint density at radius 3 is 2.69 bits per heavy atom. The Kier molecular flexibility index (Phi) is 2.26. The van der Waals surface area contributed by atoms with Gasteiger partial charge in [-0.25, -0.2) is 14.1 Å². The molecular formula is C10H10FN3O2. The Morgan fingerprint density at radius 2 is 2.12 bits per heavy atom. The van der Waals surface area contributed by atoms with Crippen molar-refractivity contribution < 1.29 is 14.0 Å². The van der Waals surface area contributed by atoms with Crippen LogP contribution in [0.3, 0.4) is 0 Å². The maximum Gasteiger partial charge on any atom is 0.329 e. The van der Waals surface area contributed by atoms with Gasteiger partial charge in [0.15, 0.2) is 0 Å². The first kappa shape index (κ1) is 10.4. The van der Waals surface area contributed by atoms with Crippen molar-refractivity contribution in [2.45, 2.75) is 6.92 Å². The highest BCUT2D eigenvalue weighted by atomic mass is 19.1. The zero-order chi connectivity index (χ0) is 11.9. The minimum atomic E-state index is -0.642. The second-order valence-corrected chi connectivity index (χ2v) is 3.50. The van der Waals surface area contributed by atoms with Gasteiger partial charge in [-0.05, 0) is 24.6 Å². The number of amides is 3. The molecule has 0 unspecified atom stereocenters. The van der Waals surface area contributed by atoms with Gasteiger partial charge in [0.25, 0.3) is 5.91 Å². The number of hydrogen-bond donors (Lipinski definition) is 2. The second kappa shape index (κ2) is 3.48. The van der Waals surface area contributed by atoms with E-state index in [9.17, 15) is 14.0 Å². The predicted molar refractivity (Wildman–Crippen MR) is 56.4 cm³/mol. The van der Waals surface area contributed by atoms with Crippen molar-refractivity contribution in [3.05, 3.63) is 23.5 Å². The van der Waals surface area contributed by atoms with Crippen LogP contribution >= 0.6 is 0 Å². The summed E-state index contributed by atoms with van der Waals surface area (Å²) in [7, 11) is 0. The first-order valence-electron chi connectivity index (χ1n) is 4.67. The number of hydrogen-bond acceptors (Lipinski definition) is 3. The number of halogens is 1. The molecule has 1 heterocycles. The molecule has 0 saturated carbocycles. The predicted octanol–water partition coefficient (Wildman–Crippen LogP) is 0.773. The molecule has 1 aliphatic heterocycles. The highest BCUT2D eigenvalue weighted by molar-refractivity contribution is 6.20. The van der Waals surface area contributed by atoms with Gasteiger partial charge >= 0.3 is 6.03 Å². The zero-order valence-corrected chi connectivity index (χ0v) is 8.58. The Bertz CT molecular complexity index is 471. The quantitative estimate of drug-likeness (QED) is 0.545. The number of benzene rings is 1. The molecule has 1 aromatic rings. The van der Waals surface area contributed by atoms with Crippen molar-refractivity contribution in [3.63, 3.8) is 0 Å². The lowest BCUT2D eigenvalue weighted by Gasteiger charge is -2.17. The van der Waals surface area contributed by atoms with E-state index in [2.05, 4.69) is 5.32 Å². The Labute approximate surface area is 91.0 Å². The molecule has 1 aromatic carbocycles. The summed E-state index contributed by atoms with van der Waals surface area (Å²) in [6.07, 6.45) is 0. The van der Waals surface area contributed by atoms with Gasteiger partial charge in [-0.1, -0.05) is 0 Å². The molecule has 2 rings (SSSR count). The van der Waals surface area contributed by atoms with Crippen molar-refractivity contribution in [2.75, 3.05) is 17.2 Å². The normalized spacial score (nSPS) is 15.5. The zero-order valence-electron chi connectivity index (χ0n) is 8.58. The summed E-state index contributed by atoms with van der Waals surface area (Å²) in [5, 5.41) is 2.32. The molecule has 5 nitrogen and oxygen atoms in total. The van der Waals surface area contributed by atoms with Crippen molar-refractivity contribution in [1.29, 1.82) is 0 Å². The van der Waals surface area contributed by atoms with Crippen LogP contribution in [-0.2, 0) is 4.79 Å². The molecule has 0 spiro atoms. The van der Waals surface area contributed by atoms with Gasteiger partial charge in [-0.15, -0.1) is 0 Å². The molecule has 1 saturated heterocycles. The second-order valence-electron chi connectivity index (χ2n) is 3.50. The van der Waals surface area contributed by atoms with Gasteiger partial charge in [0.2, 0.25) is 0 Å². The summed E-state index contributed by atoms with van der Waals surface area (Å²) in [4.78, 5) is 23.6. The molecule has 3 amide bonds. The van der Waals surface area contributed by atoms with Crippen molar-refractivity contribution in [2.24, 2.45) is 0 Å². The van der Waals surface area contributed by atoms with Gasteiger partial charge in [-0.3, -0.25) is 4.79 Å². The van der Waals surface area contributed by atoms with Crippen LogP contribution in [0.2, 0.25) is 0 Å². The van der Waals surface area contributed by atoms with E-state index in [1.54, 1.807) is 6.92 Å². The van der Waals surface area contributed by atoms with Crippen LogP contribution in [0.25, 0.3) is 0 Å². The van der Waals surface area contributed by atoms with Crippen LogP contribution < -0.4 is 16.0 Å². The molecule has 0 bridgehead atoms. The molecule has 3 N–H and O–H groups in total. The molecule has 84 valence electrons. The highest BCUT2D eigenvalue weighted by Crippen LogP contribution is 2.29. The molecule has 6 heteroatoms. The molecule has 1 aliphatic rings. The third-order valence-electron chi connectivity index (χ3n) is 2.49. The number of nitrogen functional groups attached to an aromatic ring is 1. The lowest BCUT2D eigenvalue weighted by atomic mass is 10.1. The van der Waals surface area contributed by atoms with Crippen molar-refractivity contribution in [1.82, 2.24) is 5.32 Å². The van der Waals surface area contributed by atoms with E-state index < -0.39 is 17.8 Å². The minimum absolute atomic E-state index is 0.0694. The SMILES string of the molecule is Cc1c(N)ccc(F)c1N1C(=O)CNC1=O. The minimum Gasteiger partial charge on any atom is -0.398 e. The number of urea groups is 1. The summed E-state index contributed by atoms with van der Waals surface area (Å²) < 4.78 is 13.6. The molecule has 0 aliphatic carbocycles. The Balaban J connectivity index is 2.59. The number of nitrogens with one attached hydrogen (secondary N) is 1. The summed E-state index contributed by atoms with van der Waals surface area (Å²) in [6, 6.07) is 1.90. The van der Waals surface area contributed by atoms with Gasteiger partial charge in [0, 0.05) is 5.69 Å². The van der Waals surface area contributed by atoms with Crippen LogP contribution in [0.4, 0.5) is 20.6 Å². The number of rotatable bonds is 1. The summed E-state index contributed by atoms with van der Waals surface area (Å²) in [5.41, 5.74) is 6.26. The van der Waals surface area contributed by atoms with E-state index in [-0.39, 0.29) is 12.2 Å². The largest absolute Gasteiger partial charge is 0.398 e.